The molecule has 0 aromatic carbocycles. The number of ether oxygens (including phenoxy) is 1. The van der Waals surface area contributed by atoms with Gasteiger partial charge in [0, 0.05) is 16.8 Å². The number of nitrogens with one attached hydrogen (secondary N) is 1. The van der Waals surface area contributed by atoms with Crippen LogP contribution < -0.4 is 11.2 Å². The molecule has 3 rings (SSSR count). The molecule has 0 spiro atoms. The third-order valence-electron chi connectivity index (χ3n) is 3.79. The van der Waals surface area contributed by atoms with Crippen LogP contribution in [0, 0.1) is 0 Å². The first-order valence-corrected chi connectivity index (χ1v) is 7.44. The highest BCUT2D eigenvalue weighted by molar-refractivity contribution is 7.33. The summed E-state index contributed by atoms with van der Waals surface area (Å²) in [7, 11) is -2.52. The van der Waals surface area contributed by atoms with Gasteiger partial charge in [0.2, 0.25) is 0 Å². The van der Waals surface area contributed by atoms with Crippen molar-refractivity contribution in [3.05, 3.63) is 33.1 Å². The Morgan fingerprint density at radius 3 is 2.95 bits per heavy atom. The van der Waals surface area contributed by atoms with Crippen molar-refractivity contribution in [3.8, 4) is 0 Å². The van der Waals surface area contributed by atoms with Crippen molar-refractivity contribution in [3.63, 3.8) is 0 Å². The monoisotopic (exact) mass is 335 g/mol. The Morgan fingerprint density at radius 1 is 1.59 bits per heavy atom. The van der Waals surface area contributed by atoms with Crippen molar-refractivity contribution in [1.29, 1.82) is 0 Å². The summed E-state index contributed by atoms with van der Waals surface area (Å²) in [4.78, 5) is 25.0. The fourth-order valence-electron chi connectivity index (χ4n) is 2.75. The summed E-state index contributed by atoms with van der Waals surface area (Å²) >= 11 is 0. The molecular formula is C11H13FN2O7P+. The predicted octanol–water partition coefficient (Wildman–Crippen LogP) is -0.403. The van der Waals surface area contributed by atoms with Gasteiger partial charge in [0.05, 0.1) is 0 Å². The maximum Gasteiger partial charge on any atom is 0.698 e. The average Bonchev–Trinajstić information content (AvgIpc) is 2.69. The van der Waals surface area contributed by atoms with Crippen LogP contribution in [0.15, 0.2) is 21.9 Å². The van der Waals surface area contributed by atoms with Crippen molar-refractivity contribution in [1.82, 2.24) is 9.55 Å². The Morgan fingerprint density at radius 2 is 2.32 bits per heavy atom. The number of aromatic amines is 1. The van der Waals surface area contributed by atoms with Crippen LogP contribution >= 0.6 is 8.25 Å². The van der Waals surface area contributed by atoms with E-state index in [2.05, 4.69) is 0 Å². The molecule has 2 fully saturated rings. The standard InChI is InChI=1S/C11H12FN2O7P/c1-10(17)7-11(4-12,5-19-22(18)21-7)20-8(10)14-3-2-6(15)13-9(14)16/h2-3,7-8,17H,4-5H2,1H3/p+1/t7-,8?,10+,11+/m0/s1. The van der Waals surface area contributed by atoms with E-state index in [1.165, 1.54) is 6.92 Å². The van der Waals surface area contributed by atoms with Gasteiger partial charge in [-0.1, -0.05) is 0 Å². The van der Waals surface area contributed by atoms with Crippen LogP contribution in [0.5, 0.6) is 0 Å². The van der Waals surface area contributed by atoms with Crippen molar-refractivity contribution in [2.24, 2.45) is 0 Å². The number of H-pyrrole nitrogens is 1. The van der Waals surface area contributed by atoms with E-state index in [1.807, 2.05) is 4.98 Å². The number of nitrogens with zero attached hydrogens (tertiary/aromatic N) is 1. The smallest absolute Gasteiger partial charge is 0.382 e. The zero-order valence-electron chi connectivity index (χ0n) is 11.4. The minimum absolute atomic E-state index is 0.395. The summed E-state index contributed by atoms with van der Waals surface area (Å²) < 4.78 is 41.1. The number of hydrogen-bond acceptors (Lipinski definition) is 7. The number of aliphatic hydroxyl groups is 1. The van der Waals surface area contributed by atoms with E-state index >= 15 is 0 Å². The Kier molecular flexibility index (Phi) is 3.54. The highest BCUT2D eigenvalue weighted by Crippen LogP contribution is 2.52. The van der Waals surface area contributed by atoms with Crippen LogP contribution in [0.4, 0.5) is 4.39 Å². The number of alkyl halides is 1. The zero-order chi connectivity index (χ0) is 16.1. The molecule has 0 radical (unpaired) electrons. The molecule has 0 saturated carbocycles. The molecule has 2 N–H and O–H groups in total. The van der Waals surface area contributed by atoms with Gasteiger partial charge in [0.1, 0.15) is 18.9 Å². The lowest BCUT2D eigenvalue weighted by Crippen LogP contribution is -2.55. The largest absolute Gasteiger partial charge is 0.698 e. The van der Waals surface area contributed by atoms with Crippen molar-refractivity contribution in [2.75, 3.05) is 13.3 Å². The lowest BCUT2D eigenvalue weighted by molar-refractivity contribution is -0.145. The molecule has 0 aliphatic carbocycles. The second kappa shape index (κ2) is 5.04. The molecule has 2 aliphatic rings. The lowest BCUT2D eigenvalue weighted by atomic mass is 9.88. The first-order chi connectivity index (χ1) is 10.3. The summed E-state index contributed by atoms with van der Waals surface area (Å²) in [6.45, 7) is -0.203. The quantitative estimate of drug-likeness (QED) is 0.706. The lowest BCUT2D eigenvalue weighted by Gasteiger charge is -2.31. The molecule has 0 bridgehead atoms. The van der Waals surface area contributed by atoms with Gasteiger partial charge in [-0.3, -0.25) is 14.3 Å². The summed E-state index contributed by atoms with van der Waals surface area (Å²) in [6, 6.07) is 1.06. The molecule has 0 amide bonds. The molecule has 1 aromatic heterocycles. The Bertz CT molecular complexity index is 732. The highest BCUT2D eigenvalue weighted by Gasteiger charge is 2.69. The number of aromatic nitrogens is 2. The van der Waals surface area contributed by atoms with Gasteiger partial charge in [-0.05, 0) is 6.92 Å². The van der Waals surface area contributed by atoms with Crippen LogP contribution in [0.3, 0.4) is 0 Å². The number of rotatable bonds is 2. The average molecular weight is 335 g/mol. The van der Waals surface area contributed by atoms with Crippen LogP contribution in [0.25, 0.3) is 0 Å². The molecule has 2 saturated heterocycles. The van der Waals surface area contributed by atoms with E-state index in [0.29, 0.717) is 0 Å². The Labute approximate surface area is 123 Å². The minimum Gasteiger partial charge on any atom is -0.382 e. The number of hydrogen-bond donors (Lipinski definition) is 2. The van der Waals surface area contributed by atoms with Crippen LogP contribution in [-0.2, 0) is 18.3 Å². The fourth-order valence-corrected chi connectivity index (χ4v) is 3.71. The molecule has 120 valence electrons. The third kappa shape index (κ3) is 2.15. The molecule has 5 atom stereocenters. The maximum absolute atomic E-state index is 13.5. The van der Waals surface area contributed by atoms with Crippen molar-refractivity contribution in [2.45, 2.75) is 30.5 Å². The first-order valence-electron chi connectivity index (χ1n) is 6.35. The van der Waals surface area contributed by atoms with Crippen LogP contribution in [0.2, 0.25) is 0 Å². The third-order valence-corrected chi connectivity index (χ3v) is 4.51. The Hall–Kier alpha value is -1.45. The van der Waals surface area contributed by atoms with Crippen LogP contribution in [-0.4, -0.2) is 45.2 Å². The van der Waals surface area contributed by atoms with E-state index in [4.69, 9.17) is 13.8 Å². The molecule has 11 heteroatoms. The van der Waals surface area contributed by atoms with Gasteiger partial charge < -0.3 is 9.84 Å². The second-order valence-electron chi connectivity index (χ2n) is 5.39. The highest BCUT2D eigenvalue weighted by atomic mass is 31.1. The summed E-state index contributed by atoms with van der Waals surface area (Å²) in [5.74, 6) is 0. The maximum atomic E-state index is 13.5. The number of fused-ring (bicyclic) bond motifs is 1. The molecule has 22 heavy (non-hydrogen) atoms. The molecule has 2 aliphatic heterocycles. The van der Waals surface area contributed by atoms with Crippen LogP contribution in [0.1, 0.15) is 13.2 Å². The Balaban J connectivity index is 2.08. The fraction of sp³-hybridized carbons (Fsp3) is 0.636. The minimum atomic E-state index is -2.52. The molecule has 9 nitrogen and oxygen atoms in total. The molecule has 3 heterocycles. The van der Waals surface area contributed by atoms with E-state index in [1.54, 1.807) is 0 Å². The van der Waals surface area contributed by atoms with Gasteiger partial charge >= 0.3 is 13.9 Å². The van der Waals surface area contributed by atoms with E-state index in [0.717, 1.165) is 16.8 Å². The van der Waals surface area contributed by atoms with E-state index < -0.39 is 56.3 Å². The van der Waals surface area contributed by atoms with Gasteiger partial charge in [-0.25, -0.2) is 9.18 Å². The van der Waals surface area contributed by atoms with Crippen molar-refractivity contribution < 1.29 is 27.8 Å². The summed E-state index contributed by atoms with van der Waals surface area (Å²) in [6.07, 6.45) is -1.53. The summed E-state index contributed by atoms with van der Waals surface area (Å²) in [5.41, 5.74) is -5.02. The van der Waals surface area contributed by atoms with Gasteiger partial charge in [0.15, 0.2) is 17.9 Å². The predicted molar refractivity (Wildman–Crippen MR) is 69.2 cm³/mol. The SMILES string of the molecule is C[C@]1(O)C(n2ccc(=O)[nH]c2=O)O[C@]2(CF)CO[P+](=O)O[C@H]21. The normalized spacial score (nSPS) is 39.7. The topological polar surface area (TPSA) is 120 Å². The summed E-state index contributed by atoms with van der Waals surface area (Å²) in [5, 5.41) is 10.7. The van der Waals surface area contributed by atoms with Gasteiger partial charge in [-0.2, -0.15) is 0 Å². The second-order valence-corrected chi connectivity index (χ2v) is 6.31. The first kappa shape index (κ1) is 15.4. The van der Waals surface area contributed by atoms with Crippen molar-refractivity contribution >= 4 is 8.25 Å². The molecule has 1 aromatic rings. The zero-order valence-corrected chi connectivity index (χ0v) is 12.3. The number of halogens is 1. The molecular weight excluding hydrogens is 322 g/mol. The van der Waals surface area contributed by atoms with E-state index in [-0.39, 0.29) is 0 Å². The molecule has 2 unspecified atom stereocenters. The van der Waals surface area contributed by atoms with E-state index in [9.17, 15) is 23.7 Å². The van der Waals surface area contributed by atoms with Gasteiger partial charge in [0.25, 0.3) is 5.56 Å². The van der Waals surface area contributed by atoms with Gasteiger partial charge in [-0.15, -0.1) is 9.05 Å².